The van der Waals surface area contributed by atoms with Crippen LogP contribution in [0.4, 0.5) is 5.69 Å². The summed E-state index contributed by atoms with van der Waals surface area (Å²) in [5.74, 6) is -1.02. The van der Waals surface area contributed by atoms with Crippen LogP contribution in [0, 0.1) is 0 Å². The topological polar surface area (TPSA) is 48.3 Å². The first kappa shape index (κ1) is 19.6. The third-order valence-electron chi connectivity index (χ3n) is 4.53. The molecule has 0 amide bonds. The van der Waals surface area contributed by atoms with E-state index in [0.29, 0.717) is 34.8 Å². The van der Waals surface area contributed by atoms with Gasteiger partial charge in [-0.05, 0) is 36.4 Å². The summed E-state index contributed by atoms with van der Waals surface area (Å²) in [6.45, 7) is 1.43. The summed E-state index contributed by atoms with van der Waals surface area (Å²) in [5, 5.41) is 5.11. The van der Waals surface area contributed by atoms with Crippen molar-refractivity contribution in [2.45, 2.75) is 18.4 Å². The molecule has 2 atom stereocenters. The fourth-order valence-electron chi connectivity index (χ4n) is 3.19. The van der Waals surface area contributed by atoms with Crippen LogP contribution in [0.3, 0.4) is 0 Å². The Bertz CT molecular complexity index is 934. The number of nitrogens with one attached hydrogen (secondary N) is 1. The molecule has 1 fully saturated rings. The third-order valence-corrected chi connectivity index (χ3v) is 5.33. The summed E-state index contributed by atoms with van der Waals surface area (Å²) in [7, 11) is 0. The third kappa shape index (κ3) is 4.29. The van der Waals surface area contributed by atoms with Crippen molar-refractivity contribution in [1.29, 1.82) is 0 Å². The number of ether oxygens (including phenoxy) is 2. The molecule has 0 aliphatic carbocycles. The summed E-state index contributed by atoms with van der Waals surface area (Å²) in [5.41, 5.74) is 1.70. The van der Waals surface area contributed by atoms with Crippen LogP contribution < -0.4 is 5.32 Å². The fraction of sp³-hybridized carbons (Fsp3) is 0.250. The number of aromatic nitrogens is 2. The van der Waals surface area contributed by atoms with Crippen LogP contribution in [0.15, 0.2) is 61.2 Å². The van der Waals surface area contributed by atoms with Crippen molar-refractivity contribution in [1.82, 2.24) is 9.55 Å². The molecule has 1 N–H and O–H groups in total. The molecule has 2 heterocycles. The van der Waals surface area contributed by atoms with Gasteiger partial charge < -0.3 is 19.4 Å². The largest absolute Gasteiger partial charge is 0.382 e. The molecule has 1 aromatic heterocycles. The van der Waals surface area contributed by atoms with E-state index in [2.05, 4.69) is 10.3 Å². The summed E-state index contributed by atoms with van der Waals surface area (Å²) < 4.78 is 14.5. The lowest BCUT2D eigenvalue weighted by atomic mass is 10.1. The second-order valence-electron chi connectivity index (χ2n) is 6.55. The Hall–Kier alpha value is -1.76. The minimum atomic E-state index is -1.02. The zero-order valence-electron chi connectivity index (χ0n) is 14.8. The number of rotatable bonds is 6. The molecule has 2 aromatic carbocycles. The van der Waals surface area contributed by atoms with E-state index in [1.54, 1.807) is 24.7 Å². The molecule has 4 rings (SSSR count). The molecule has 0 spiro atoms. The molecule has 8 heteroatoms. The minimum absolute atomic E-state index is 0.161. The molecule has 1 aliphatic rings. The van der Waals surface area contributed by atoms with Gasteiger partial charge in [-0.25, -0.2) is 4.98 Å². The SMILES string of the molecule is Clc1ccc(NCC2COC(Cn3ccnc3)(c3ccc(Cl)cc3Cl)O2)cc1. The molecule has 0 bridgehead atoms. The van der Waals surface area contributed by atoms with Gasteiger partial charge >= 0.3 is 0 Å². The Morgan fingerprint density at radius 2 is 1.89 bits per heavy atom. The minimum Gasteiger partial charge on any atom is -0.382 e. The highest BCUT2D eigenvalue weighted by molar-refractivity contribution is 6.35. The Morgan fingerprint density at radius 1 is 1.11 bits per heavy atom. The van der Waals surface area contributed by atoms with Crippen molar-refractivity contribution in [2.75, 3.05) is 18.5 Å². The van der Waals surface area contributed by atoms with Gasteiger partial charge in [0.05, 0.1) is 24.5 Å². The summed E-state index contributed by atoms with van der Waals surface area (Å²) in [4.78, 5) is 4.10. The van der Waals surface area contributed by atoms with E-state index in [0.717, 1.165) is 11.3 Å². The fourth-order valence-corrected chi connectivity index (χ4v) is 3.87. The number of hydrogen-bond donors (Lipinski definition) is 1. The van der Waals surface area contributed by atoms with Crippen molar-refractivity contribution in [3.63, 3.8) is 0 Å². The van der Waals surface area contributed by atoms with Crippen molar-refractivity contribution < 1.29 is 9.47 Å². The van der Waals surface area contributed by atoms with Gasteiger partial charge in [-0.15, -0.1) is 0 Å². The van der Waals surface area contributed by atoms with E-state index in [9.17, 15) is 0 Å². The molecule has 0 radical (unpaired) electrons. The maximum absolute atomic E-state index is 6.48. The lowest BCUT2D eigenvalue weighted by Crippen LogP contribution is -2.34. The Balaban J connectivity index is 1.54. The molecule has 1 saturated heterocycles. The van der Waals surface area contributed by atoms with Crippen LogP contribution in [0.5, 0.6) is 0 Å². The monoisotopic (exact) mass is 437 g/mol. The van der Waals surface area contributed by atoms with Gasteiger partial charge in [-0.1, -0.05) is 40.9 Å². The lowest BCUT2D eigenvalue weighted by Gasteiger charge is -2.30. The first-order chi connectivity index (χ1) is 13.5. The standard InChI is InChI=1S/C20H18Cl3N3O2/c21-14-1-4-16(5-2-14)25-10-17-11-27-20(28-17,12-26-8-7-24-13-26)18-6-3-15(22)9-19(18)23/h1-9,13,17,25H,10-12H2. The van der Waals surface area contributed by atoms with E-state index in [1.165, 1.54) is 0 Å². The Kier molecular flexibility index (Phi) is 5.80. The zero-order valence-corrected chi connectivity index (χ0v) is 17.1. The van der Waals surface area contributed by atoms with Crippen LogP contribution in [-0.4, -0.2) is 28.8 Å². The summed E-state index contributed by atoms with van der Waals surface area (Å²) in [6, 6.07) is 12.8. The van der Waals surface area contributed by atoms with Crippen LogP contribution >= 0.6 is 34.8 Å². The average Bonchev–Trinajstić information content (AvgIpc) is 3.32. The summed E-state index contributed by atoms with van der Waals surface area (Å²) in [6.07, 6.45) is 5.13. The average molecular weight is 439 g/mol. The Labute approximate surface area is 178 Å². The van der Waals surface area contributed by atoms with Gasteiger partial charge in [-0.2, -0.15) is 0 Å². The number of imidazole rings is 1. The van der Waals surface area contributed by atoms with Gasteiger partial charge in [0, 0.05) is 40.2 Å². The van der Waals surface area contributed by atoms with Gasteiger partial charge in [0.15, 0.2) is 0 Å². The predicted molar refractivity (Wildman–Crippen MR) is 111 cm³/mol. The molecule has 0 saturated carbocycles. The second kappa shape index (κ2) is 8.31. The highest BCUT2D eigenvalue weighted by atomic mass is 35.5. The maximum Gasteiger partial charge on any atom is 0.215 e. The molecule has 146 valence electrons. The smallest absolute Gasteiger partial charge is 0.215 e. The first-order valence-electron chi connectivity index (χ1n) is 8.76. The number of anilines is 1. The molecular weight excluding hydrogens is 421 g/mol. The summed E-state index contributed by atoms with van der Waals surface area (Å²) >= 11 is 18.5. The van der Waals surface area contributed by atoms with Crippen LogP contribution in [0.1, 0.15) is 5.56 Å². The quantitative estimate of drug-likeness (QED) is 0.573. The lowest BCUT2D eigenvalue weighted by molar-refractivity contribution is -0.185. The van der Waals surface area contributed by atoms with E-state index in [4.69, 9.17) is 44.3 Å². The van der Waals surface area contributed by atoms with E-state index in [-0.39, 0.29) is 6.10 Å². The van der Waals surface area contributed by atoms with E-state index in [1.807, 2.05) is 41.1 Å². The van der Waals surface area contributed by atoms with Crippen LogP contribution in [0.2, 0.25) is 15.1 Å². The molecule has 1 aliphatic heterocycles. The maximum atomic E-state index is 6.48. The molecule has 3 aromatic rings. The normalized spacial score (nSPS) is 21.8. The number of halogens is 3. The predicted octanol–water partition coefficient (Wildman–Crippen LogP) is 5.22. The van der Waals surface area contributed by atoms with Crippen molar-refractivity contribution >= 4 is 40.5 Å². The Morgan fingerprint density at radius 3 is 2.61 bits per heavy atom. The van der Waals surface area contributed by atoms with Crippen LogP contribution in [0.25, 0.3) is 0 Å². The van der Waals surface area contributed by atoms with Crippen LogP contribution in [-0.2, 0) is 21.8 Å². The van der Waals surface area contributed by atoms with Gasteiger partial charge in [-0.3, -0.25) is 0 Å². The van der Waals surface area contributed by atoms with Gasteiger partial charge in [0.1, 0.15) is 6.10 Å². The van der Waals surface area contributed by atoms with Crippen molar-refractivity contribution in [3.8, 4) is 0 Å². The second-order valence-corrected chi connectivity index (χ2v) is 7.83. The van der Waals surface area contributed by atoms with Crippen molar-refractivity contribution in [2.24, 2.45) is 0 Å². The first-order valence-corrected chi connectivity index (χ1v) is 9.90. The zero-order chi connectivity index (χ0) is 19.6. The number of nitrogens with zero attached hydrogens (tertiary/aromatic N) is 2. The van der Waals surface area contributed by atoms with Gasteiger partial charge in [0.25, 0.3) is 0 Å². The molecule has 2 unspecified atom stereocenters. The molecule has 28 heavy (non-hydrogen) atoms. The van der Waals surface area contributed by atoms with E-state index >= 15 is 0 Å². The highest BCUT2D eigenvalue weighted by Gasteiger charge is 2.45. The van der Waals surface area contributed by atoms with E-state index < -0.39 is 5.79 Å². The highest BCUT2D eigenvalue weighted by Crippen LogP contribution is 2.40. The molecular formula is C20H18Cl3N3O2. The number of hydrogen-bond acceptors (Lipinski definition) is 4. The number of benzene rings is 2. The molecule has 5 nitrogen and oxygen atoms in total. The van der Waals surface area contributed by atoms with Crippen molar-refractivity contribution in [3.05, 3.63) is 81.8 Å². The van der Waals surface area contributed by atoms with Gasteiger partial charge in [0.2, 0.25) is 5.79 Å².